The maximum Gasteiger partial charge on any atom is 0.275 e. The lowest BCUT2D eigenvalue weighted by molar-refractivity contribution is 0.316. The Morgan fingerprint density at radius 1 is 1.43 bits per heavy atom. The van der Waals surface area contributed by atoms with Crippen molar-refractivity contribution in [3.05, 3.63) is 22.1 Å². The van der Waals surface area contributed by atoms with Gasteiger partial charge < -0.3 is 10.2 Å². The van der Waals surface area contributed by atoms with E-state index in [-0.39, 0.29) is 5.56 Å². The van der Waals surface area contributed by atoms with Gasteiger partial charge in [-0.15, -0.1) is 5.10 Å². The Morgan fingerprint density at radius 2 is 2.29 bits per heavy atom. The van der Waals surface area contributed by atoms with Crippen LogP contribution in [0.2, 0.25) is 0 Å². The van der Waals surface area contributed by atoms with Gasteiger partial charge in [0, 0.05) is 30.9 Å². The Labute approximate surface area is 126 Å². The fourth-order valence-electron chi connectivity index (χ4n) is 3.02. The van der Waals surface area contributed by atoms with Gasteiger partial charge in [0.25, 0.3) is 5.56 Å². The standard InChI is InChI=1S/C14H19N5OS/c1-9-6-12(20)19-14(16-9)21-13(17-19)15-7-10-4-5-18(8-10)11-2-3-11/h6,10-11H,2-5,7-8H2,1H3,(H,15,17)/t10-/m0/s1. The summed E-state index contributed by atoms with van der Waals surface area (Å²) >= 11 is 1.44. The molecule has 1 saturated heterocycles. The van der Waals surface area contributed by atoms with Crippen molar-refractivity contribution in [2.45, 2.75) is 32.2 Å². The van der Waals surface area contributed by atoms with Gasteiger partial charge in [-0.2, -0.15) is 4.52 Å². The molecule has 0 spiro atoms. The molecule has 1 aliphatic heterocycles. The molecule has 1 N–H and O–H groups in total. The second-order valence-electron chi connectivity index (χ2n) is 6.10. The number of nitrogens with one attached hydrogen (secondary N) is 1. The van der Waals surface area contributed by atoms with E-state index in [9.17, 15) is 4.79 Å². The molecule has 4 rings (SSSR count). The van der Waals surface area contributed by atoms with Crippen LogP contribution in [0.5, 0.6) is 0 Å². The fraction of sp³-hybridized carbons (Fsp3) is 0.643. The minimum atomic E-state index is -0.109. The van der Waals surface area contributed by atoms with Crippen LogP contribution in [0.25, 0.3) is 4.96 Å². The monoisotopic (exact) mass is 305 g/mol. The van der Waals surface area contributed by atoms with Gasteiger partial charge in [-0.25, -0.2) is 4.98 Å². The maximum atomic E-state index is 11.8. The molecule has 0 aromatic carbocycles. The third-order valence-corrected chi connectivity index (χ3v) is 5.16. The van der Waals surface area contributed by atoms with Crippen LogP contribution in [0.1, 0.15) is 25.0 Å². The van der Waals surface area contributed by atoms with E-state index in [4.69, 9.17) is 0 Å². The van der Waals surface area contributed by atoms with Crippen molar-refractivity contribution in [1.82, 2.24) is 19.5 Å². The number of likely N-dealkylation sites (tertiary alicyclic amines) is 1. The lowest BCUT2D eigenvalue weighted by atomic mass is 10.1. The summed E-state index contributed by atoms with van der Waals surface area (Å²) in [7, 11) is 0. The van der Waals surface area contributed by atoms with Crippen LogP contribution in [-0.2, 0) is 0 Å². The molecule has 2 aromatic heterocycles. The molecule has 0 radical (unpaired) electrons. The van der Waals surface area contributed by atoms with Gasteiger partial charge in [-0.05, 0) is 38.6 Å². The van der Waals surface area contributed by atoms with Crippen molar-refractivity contribution in [2.75, 3.05) is 25.0 Å². The quantitative estimate of drug-likeness (QED) is 0.924. The lowest BCUT2D eigenvalue weighted by Gasteiger charge is -2.14. The molecule has 3 heterocycles. The van der Waals surface area contributed by atoms with E-state index in [1.165, 1.54) is 54.3 Å². The molecule has 6 nitrogen and oxygen atoms in total. The van der Waals surface area contributed by atoms with Crippen LogP contribution in [0.3, 0.4) is 0 Å². The van der Waals surface area contributed by atoms with E-state index in [1.807, 2.05) is 6.92 Å². The number of rotatable bonds is 4. The Hall–Kier alpha value is -1.47. The van der Waals surface area contributed by atoms with E-state index in [0.29, 0.717) is 10.9 Å². The molecule has 2 fully saturated rings. The van der Waals surface area contributed by atoms with E-state index >= 15 is 0 Å². The SMILES string of the molecule is Cc1cc(=O)n2nc(NC[C@@H]3CCN(C4CC4)C3)sc2n1. The van der Waals surface area contributed by atoms with Gasteiger partial charge in [0.15, 0.2) is 0 Å². The zero-order valence-corrected chi connectivity index (χ0v) is 12.9. The predicted octanol–water partition coefficient (Wildman–Crippen LogP) is 1.36. The van der Waals surface area contributed by atoms with Crippen LogP contribution < -0.4 is 10.9 Å². The minimum Gasteiger partial charge on any atom is -0.360 e. The molecule has 7 heteroatoms. The Bertz CT molecular complexity index is 720. The summed E-state index contributed by atoms with van der Waals surface area (Å²) in [5.41, 5.74) is 0.633. The summed E-state index contributed by atoms with van der Waals surface area (Å²) in [5, 5.41) is 8.49. The first kappa shape index (κ1) is 13.2. The zero-order chi connectivity index (χ0) is 14.4. The maximum absolute atomic E-state index is 11.8. The Morgan fingerprint density at radius 3 is 3.10 bits per heavy atom. The number of fused-ring (bicyclic) bond motifs is 1. The van der Waals surface area contributed by atoms with Gasteiger partial charge in [0.05, 0.1) is 0 Å². The largest absolute Gasteiger partial charge is 0.360 e. The highest BCUT2D eigenvalue weighted by Crippen LogP contribution is 2.31. The van der Waals surface area contributed by atoms with Crippen molar-refractivity contribution in [3.8, 4) is 0 Å². The summed E-state index contributed by atoms with van der Waals surface area (Å²) in [6, 6.07) is 2.38. The van der Waals surface area contributed by atoms with E-state index in [1.54, 1.807) is 0 Å². The first-order chi connectivity index (χ1) is 10.2. The number of hydrogen-bond donors (Lipinski definition) is 1. The molecule has 21 heavy (non-hydrogen) atoms. The number of nitrogens with zero attached hydrogens (tertiary/aromatic N) is 4. The Balaban J connectivity index is 1.43. The molecule has 1 atom stereocenters. The Kier molecular flexibility index (Phi) is 3.19. The highest BCUT2D eigenvalue weighted by atomic mass is 32.1. The zero-order valence-electron chi connectivity index (χ0n) is 12.1. The number of aryl methyl sites for hydroxylation is 1. The van der Waals surface area contributed by atoms with E-state index in [2.05, 4.69) is 20.3 Å². The van der Waals surface area contributed by atoms with Gasteiger partial charge >= 0.3 is 0 Å². The molecule has 0 amide bonds. The van der Waals surface area contributed by atoms with Gasteiger partial charge in [-0.3, -0.25) is 4.79 Å². The molecule has 1 saturated carbocycles. The molecule has 1 aliphatic carbocycles. The smallest absolute Gasteiger partial charge is 0.275 e. The van der Waals surface area contributed by atoms with Crippen molar-refractivity contribution >= 4 is 21.4 Å². The average molecular weight is 305 g/mol. The van der Waals surface area contributed by atoms with E-state index in [0.717, 1.165) is 23.4 Å². The predicted molar refractivity (Wildman–Crippen MR) is 83.1 cm³/mol. The van der Waals surface area contributed by atoms with E-state index < -0.39 is 0 Å². The van der Waals surface area contributed by atoms with Gasteiger partial charge in [-0.1, -0.05) is 11.3 Å². The second kappa shape index (κ2) is 5.06. The van der Waals surface area contributed by atoms with Crippen molar-refractivity contribution in [2.24, 2.45) is 5.92 Å². The molecule has 2 aliphatic rings. The third kappa shape index (κ3) is 2.67. The van der Waals surface area contributed by atoms with Crippen molar-refractivity contribution < 1.29 is 0 Å². The van der Waals surface area contributed by atoms with Crippen LogP contribution >= 0.6 is 11.3 Å². The van der Waals surface area contributed by atoms with Crippen LogP contribution in [0.4, 0.5) is 5.13 Å². The number of anilines is 1. The number of aromatic nitrogens is 3. The van der Waals surface area contributed by atoms with Gasteiger partial charge in [0.1, 0.15) is 0 Å². The fourth-order valence-corrected chi connectivity index (χ4v) is 3.88. The first-order valence-electron chi connectivity index (χ1n) is 7.54. The molecule has 2 aromatic rings. The highest BCUT2D eigenvalue weighted by Gasteiger charge is 2.34. The van der Waals surface area contributed by atoms with Gasteiger partial charge in [0.2, 0.25) is 10.1 Å². The summed E-state index contributed by atoms with van der Waals surface area (Å²) in [6.45, 7) is 5.19. The summed E-state index contributed by atoms with van der Waals surface area (Å²) in [4.78, 5) is 19.5. The van der Waals surface area contributed by atoms with Crippen molar-refractivity contribution in [1.29, 1.82) is 0 Å². The summed E-state index contributed by atoms with van der Waals surface area (Å²) in [5.74, 6) is 0.684. The summed E-state index contributed by atoms with van der Waals surface area (Å²) in [6.07, 6.45) is 4.02. The average Bonchev–Trinajstić information content (AvgIpc) is 3.04. The van der Waals surface area contributed by atoms with Crippen LogP contribution in [0, 0.1) is 12.8 Å². The summed E-state index contributed by atoms with van der Waals surface area (Å²) < 4.78 is 1.38. The third-order valence-electron chi connectivity index (χ3n) is 4.30. The normalized spacial score (nSPS) is 23.0. The molecular formula is C14H19N5OS. The number of hydrogen-bond acceptors (Lipinski definition) is 6. The first-order valence-corrected chi connectivity index (χ1v) is 8.36. The lowest BCUT2D eigenvalue weighted by Crippen LogP contribution is -2.24. The van der Waals surface area contributed by atoms with Crippen LogP contribution in [-0.4, -0.2) is 45.2 Å². The topological polar surface area (TPSA) is 62.5 Å². The minimum absolute atomic E-state index is 0.109. The second-order valence-corrected chi connectivity index (χ2v) is 7.06. The molecular weight excluding hydrogens is 286 g/mol. The highest BCUT2D eigenvalue weighted by molar-refractivity contribution is 7.20. The molecule has 0 unspecified atom stereocenters. The van der Waals surface area contributed by atoms with Crippen molar-refractivity contribution in [3.63, 3.8) is 0 Å². The molecule has 112 valence electrons. The molecule has 0 bridgehead atoms. The van der Waals surface area contributed by atoms with Crippen LogP contribution in [0.15, 0.2) is 10.9 Å².